The molecular formula is C13H15NO3S. The lowest BCUT2D eigenvalue weighted by atomic mass is 10.2. The summed E-state index contributed by atoms with van der Waals surface area (Å²) in [6.07, 6.45) is 4.80. The van der Waals surface area contributed by atoms with Gasteiger partial charge in [-0.1, -0.05) is 0 Å². The van der Waals surface area contributed by atoms with Gasteiger partial charge >= 0.3 is 5.97 Å². The monoisotopic (exact) mass is 265 g/mol. The minimum absolute atomic E-state index is 0.0283. The smallest absolute Gasteiger partial charge is 0.328 e. The normalized spacial score (nSPS) is 15.0. The summed E-state index contributed by atoms with van der Waals surface area (Å²) in [7, 11) is 1.82. The van der Waals surface area contributed by atoms with E-state index in [2.05, 4.69) is 0 Å². The molecule has 0 spiro atoms. The molecule has 96 valence electrons. The molecule has 0 saturated heterocycles. The topological polar surface area (TPSA) is 57.6 Å². The predicted molar refractivity (Wildman–Crippen MR) is 70.8 cm³/mol. The van der Waals surface area contributed by atoms with Gasteiger partial charge in [0, 0.05) is 24.0 Å². The third-order valence-electron chi connectivity index (χ3n) is 2.96. The second-order valence-corrected chi connectivity index (χ2v) is 5.56. The van der Waals surface area contributed by atoms with Crippen LogP contribution in [-0.4, -0.2) is 35.0 Å². The van der Waals surface area contributed by atoms with Crippen molar-refractivity contribution in [1.82, 2.24) is 4.90 Å². The van der Waals surface area contributed by atoms with Crippen molar-refractivity contribution in [2.24, 2.45) is 0 Å². The van der Waals surface area contributed by atoms with Crippen LogP contribution in [0, 0.1) is 6.92 Å². The highest BCUT2D eigenvalue weighted by molar-refractivity contribution is 7.15. The summed E-state index contributed by atoms with van der Waals surface area (Å²) in [5.41, 5.74) is 0.935. The number of aryl methyl sites for hydroxylation is 1. The minimum Gasteiger partial charge on any atom is -0.478 e. The number of amides is 1. The zero-order valence-electron chi connectivity index (χ0n) is 10.3. The average Bonchev–Trinajstić information content (AvgIpc) is 3.09. The molecule has 0 radical (unpaired) electrons. The number of carbonyl (C=O) groups is 2. The summed E-state index contributed by atoms with van der Waals surface area (Å²) in [4.78, 5) is 25.9. The highest BCUT2D eigenvalue weighted by Gasteiger charge is 2.30. The van der Waals surface area contributed by atoms with Crippen LogP contribution in [0.2, 0.25) is 0 Å². The fourth-order valence-corrected chi connectivity index (χ4v) is 2.78. The predicted octanol–water partition coefficient (Wildman–Crippen LogP) is 2.39. The van der Waals surface area contributed by atoms with Gasteiger partial charge < -0.3 is 10.0 Å². The van der Waals surface area contributed by atoms with Crippen molar-refractivity contribution in [1.29, 1.82) is 0 Å². The first kappa shape index (κ1) is 12.8. The van der Waals surface area contributed by atoms with Crippen LogP contribution in [0.5, 0.6) is 0 Å². The van der Waals surface area contributed by atoms with Crippen molar-refractivity contribution >= 4 is 29.3 Å². The summed E-state index contributed by atoms with van der Waals surface area (Å²) < 4.78 is 0. The average molecular weight is 265 g/mol. The standard InChI is InChI=1S/C13H15NO3S/c1-8-7-11(13(17)14(2)9-3-4-9)18-10(8)5-6-12(15)16/h5-7,9H,3-4H2,1-2H3,(H,15,16). The van der Waals surface area contributed by atoms with Crippen molar-refractivity contribution in [3.05, 3.63) is 27.5 Å². The van der Waals surface area contributed by atoms with E-state index in [-0.39, 0.29) is 5.91 Å². The van der Waals surface area contributed by atoms with E-state index in [9.17, 15) is 9.59 Å². The van der Waals surface area contributed by atoms with Crippen LogP contribution in [0.1, 0.15) is 33.0 Å². The molecule has 0 aromatic carbocycles. The molecule has 1 heterocycles. The molecule has 2 rings (SSSR count). The fraction of sp³-hybridized carbons (Fsp3) is 0.385. The van der Waals surface area contributed by atoms with Crippen LogP contribution in [-0.2, 0) is 4.79 Å². The Labute approximate surface area is 110 Å². The Kier molecular flexibility index (Phi) is 3.52. The van der Waals surface area contributed by atoms with E-state index in [1.807, 2.05) is 20.0 Å². The van der Waals surface area contributed by atoms with Gasteiger partial charge in [-0.3, -0.25) is 4.79 Å². The van der Waals surface area contributed by atoms with Gasteiger partial charge in [0.05, 0.1) is 4.88 Å². The van der Waals surface area contributed by atoms with E-state index in [0.29, 0.717) is 10.9 Å². The zero-order chi connectivity index (χ0) is 13.3. The lowest BCUT2D eigenvalue weighted by molar-refractivity contribution is -0.131. The number of carboxylic acids is 1. The summed E-state index contributed by atoms with van der Waals surface area (Å²) in [5.74, 6) is -0.952. The third-order valence-corrected chi connectivity index (χ3v) is 4.15. The molecule has 0 unspecified atom stereocenters. The van der Waals surface area contributed by atoms with Crippen molar-refractivity contribution < 1.29 is 14.7 Å². The summed E-state index contributed by atoms with van der Waals surface area (Å²) in [5, 5.41) is 8.59. The molecule has 18 heavy (non-hydrogen) atoms. The maximum Gasteiger partial charge on any atom is 0.328 e. The second kappa shape index (κ2) is 4.94. The number of hydrogen-bond acceptors (Lipinski definition) is 3. The minimum atomic E-state index is -0.981. The molecule has 1 saturated carbocycles. The van der Waals surface area contributed by atoms with Crippen LogP contribution in [0.25, 0.3) is 6.08 Å². The first-order valence-corrected chi connectivity index (χ1v) is 6.59. The van der Waals surface area contributed by atoms with Crippen LogP contribution in [0.3, 0.4) is 0 Å². The Morgan fingerprint density at radius 1 is 1.50 bits per heavy atom. The van der Waals surface area contributed by atoms with Gasteiger partial charge in [0.2, 0.25) is 0 Å². The van der Waals surface area contributed by atoms with E-state index in [1.165, 1.54) is 17.4 Å². The Balaban J connectivity index is 2.17. The lowest BCUT2D eigenvalue weighted by Gasteiger charge is -2.14. The van der Waals surface area contributed by atoms with Crippen LogP contribution in [0.4, 0.5) is 0 Å². The number of thiophene rings is 1. The molecule has 1 aromatic heterocycles. The van der Waals surface area contributed by atoms with Crippen LogP contribution < -0.4 is 0 Å². The molecule has 4 nitrogen and oxygen atoms in total. The summed E-state index contributed by atoms with van der Waals surface area (Å²) in [6, 6.07) is 2.21. The molecule has 1 N–H and O–H groups in total. The highest BCUT2D eigenvalue weighted by atomic mass is 32.1. The molecule has 0 bridgehead atoms. The molecule has 1 aromatic rings. The molecule has 1 amide bonds. The molecular weight excluding hydrogens is 250 g/mol. The van der Waals surface area contributed by atoms with Gasteiger partial charge in [0.15, 0.2) is 0 Å². The summed E-state index contributed by atoms with van der Waals surface area (Å²) >= 11 is 1.34. The number of nitrogens with zero attached hydrogens (tertiary/aromatic N) is 1. The Morgan fingerprint density at radius 3 is 2.72 bits per heavy atom. The van der Waals surface area contributed by atoms with E-state index >= 15 is 0 Å². The fourth-order valence-electron chi connectivity index (χ4n) is 1.72. The molecule has 1 aliphatic carbocycles. The molecule has 0 atom stereocenters. The second-order valence-electron chi connectivity index (χ2n) is 4.48. The summed E-state index contributed by atoms with van der Waals surface area (Å²) in [6.45, 7) is 1.88. The maximum absolute atomic E-state index is 12.1. The Morgan fingerprint density at radius 2 is 2.17 bits per heavy atom. The first-order chi connectivity index (χ1) is 8.49. The lowest BCUT2D eigenvalue weighted by Crippen LogP contribution is -2.27. The highest BCUT2D eigenvalue weighted by Crippen LogP contribution is 2.30. The maximum atomic E-state index is 12.1. The number of rotatable bonds is 4. The molecule has 5 heteroatoms. The number of carboxylic acid groups (broad SMARTS) is 1. The zero-order valence-corrected chi connectivity index (χ0v) is 11.2. The molecule has 1 aliphatic rings. The van der Waals surface area contributed by atoms with E-state index in [1.54, 1.807) is 4.90 Å². The molecule has 0 aliphatic heterocycles. The SMILES string of the molecule is Cc1cc(C(=O)N(C)C2CC2)sc1C=CC(=O)O. The van der Waals surface area contributed by atoms with E-state index in [4.69, 9.17) is 5.11 Å². The van der Waals surface area contributed by atoms with E-state index in [0.717, 1.165) is 29.4 Å². The quantitative estimate of drug-likeness (QED) is 0.850. The van der Waals surface area contributed by atoms with Gasteiger partial charge in [-0.05, 0) is 37.5 Å². The van der Waals surface area contributed by atoms with Gasteiger partial charge in [-0.15, -0.1) is 11.3 Å². The van der Waals surface area contributed by atoms with Crippen LogP contribution in [0.15, 0.2) is 12.1 Å². The van der Waals surface area contributed by atoms with Gasteiger partial charge in [-0.25, -0.2) is 4.79 Å². The van der Waals surface area contributed by atoms with Crippen molar-refractivity contribution in [2.75, 3.05) is 7.05 Å². The van der Waals surface area contributed by atoms with E-state index < -0.39 is 5.97 Å². The Hall–Kier alpha value is -1.62. The first-order valence-electron chi connectivity index (χ1n) is 5.77. The molecule has 1 fully saturated rings. The number of carbonyl (C=O) groups excluding carboxylic acids is 1. The van der Waals surface area contributed by atoms with Gasteiger partial charge in [-0.2, -0.15) is 0 Å². The largest absolute Gasteiger partial charge is 0.478 e. The van der Waals surface area contributed by atoms with Crippen LogP contribution >= 0.6 is 11.3 Å². The Bertz CT molecular complexity index is 514. The van der Waals surface area contributed by atoms with Crippen molar-refractivity contribution in [3.63, 3.8) is 0 Å². The van der Waals surface area contributed by atoms with Gasteiger partial charge in [0.25, 0.3) is 5.91 Å². The van der Waals surface area contributed by atoms with Crippen molar-refractivity contribution in [3.8, 4) is 0 Å². The third kappa shape index (κ3) is 2.79. The number of hydrogen-bond donors (Lipinski definition) is 1. The van der Waals surface area contributed by atoms with Crippen molar-refractivity contribution in [2.45, 2.75) is 25.8 Å². The number of aliphatic carboxylic acids is 1. The van der Waals surface area contributed by atoms with Gasteiger partial charge in [0.1, 0.15) is 0 Å².